The van der Waals surface area contributed by atoms with Gasteiger partial charge in [0.2, 0.25) is 0 Å². The molecule has 0 unspecified atom stereocenters. The van der Waals surface area contributed by atoms with E-state index in [0.717, 1.165) is 22.8 Å². The Morgan fingerprint density at radius 3 is 2.53 bits per heavy atom. The van der Waals surface area contributed by atoms with E-state index in [1.54, 1.807) is 13.2 Å². The van der Waals surface area contributed by atoms with Crippen molar-refractivity contribution in [3.8, 4) is 0 Å². The van der Waals surface area contributed by atoms with E-state index in [1.165, 1.54) is 0 Å². The number of benzene rings is 1. The van der Waals surface area contributed by atoms with E-state index < -0.39 is 0 Å². The molecule has 0 heterocycles. The van der Waals surface area contributed by atoms with E-state index >= 15 is 0 Å². The smallest absolute Gasteiger partial charge is 0.0575 e. The molecule has 96 valence electrons. The monoisotopic (exact) mass is 256 g/mol. The second kappa shape index (κ2) is 5.71. The lowest BCUT2D eigenvalue weighted by Gasteiger charge is -2.28. The summed E-state index contributed by atoms with van der Waals surface area (Å²) in [7, 11) is 1.67. The van der Waals surface area contributed by atoms with Crippen LogP contribution in [0.4, 0.5) is 5.69 Å². The molecule has 3 nitrogen and oxygen atoms in total. The lowest BCUT2D eigenvalue weighted by atomic mass is 9.96. The number of nitrogens with zero attached hydrogens (tertiary/aromatic N) is 1. The number of nitrogens with two attached hydrogens (primary N) is 1. The number of hydrogen-bond donors (Lipinski definition) is 1. The van der Waals surface area contributed by atoms with Gasteiger partial charge in [-0.1, -0.05) is 32.4 Å². The van der Waals surface area contributed by atoms with Gasteiger partial charge >= 0.3 is 0 Å². The van der Waals surface area contributed by atoms with Gasteiger partial charge in [0.05, 0.1) is 13.7 Å². The third-order valence-corrected chi connectivity index (χ3v) is 2.69. The third-order valence-electron chi connectivity index (χ3n) is 2.33. The van der Waals surface area contributed by atoms with Crippen LogP contribution in [0.3, 0.4) is 0 Å². The van der Waals surface area contributed by atoms with Gasteiger partial charge in [-0.3, -0.25) is 0 Å². The molecule has 0 aromatic heterocycles. The second-order valence-corrected chi connectivity index (χ2v) is 5.80. The van der Waals surface area contributed by atoms with Crippen LogP contribution in [-0.2, 0) is 11.4 Å². The highest BCUT2D eigenvalue weighted by molar-refractivity contribution is 6.31. The summed E-state index contributed by atoms with van der Waals surface area (Å²) in [4.78, 5) is 5.36. The summed E-state index contributed by atoms with van der Waals surface area (Å²) in [5.74, 6) is 0. The van der Waals surface area contributed by atoms with Crippen LogP contribution in [0.15, 0.2) is 18.2 Å². The van der Waals surface area contributed by atoms with Crippen LogP contribution in [0.2, 0.25) is 5.02 Å². The van der Waals surface area contributed by atoms with E-state index in [0.29, 0.717) is 6.54 Å². The zero-order valence-electron chi connectivity index (χ0n) is 11.0. The molecule has 2 N–H and O–H groups in total. The molecule has 0 bridgehead atoms. The molecular weight excluding hydrogens is 236 g/mol. The molecule has 4 heteroatoms. The van der Waals surface area contributed by atoms with Crippen molar-refractivity contribution in [3.63, 3.8) is 0 Å². The normalized spacial score (nSPS) is 12.1. The Morgan fingerprint density at radius 1 is 1.35 bits per heavy atom. The van der Waals surface area contributed by atoms with Crippen LogP contribution in [-0.4, -0.2) is 18.7 Å². The van der Waals surface area contributed by atoms with Crippen molar-refractivity contribution in [1.82, 2.24) is 5.06 Å². The Kier molecular flexibility index (Phi) is 4.80. The first-order valence-electron chi connectivity index (χ1n) is 5.65. The van der Waals surface area contributed by atoms with Crippen molar-refractivity contribution in [2.75, 3.05) is 19.4 Å². The minimum absolute atomic E-state index is 0.169. The molecule has 0 saturated heterocycles. The van der Waals surface area contributed by atoms with Crippen molar-refractivity contribution in [2.24, 2.45) is 5.41 Å². The van der Waals surface area contributed by atoms with Gasteiger partial charge in [0, 0.05) is 17.3 Å². The molecule has 0 amide bonds. The Balaban J connectivity index is 2.77. The first-order valence-corrected chi connectivity index (χ1v) is 6.02. The molecule has 0 atom stereocenters. The van der Waals surface area contributed by atoms with Gasteiger partial charge < -0.3 is 10.6 Å². The fourth-order valence-electron chi connectivity index (χ4n) is 1.62. The summed E-state index contributed by atoms with van der Waals surface area (Å²) in [6.45, 7) is 7.96. The van der Waals surface area contributed by atoms with Gasteiger partial charge in [-0.15, -0.1) is 0 Å². The summed E-state index contributed by atoms with van der Waals surface area (Å²) >= 11 is 6.13. The van der Waals surface area contributed by atoms with Crippen molar-refractivity contribution in [1.29, 1.82) is 0 Å². The molecule has 1 aromatic rings. The first kappa shape index (κ1) is 14.3. The maximum absolute atomic E-state index is 6.13. The number of hydrogen-bond acceptors (Lipinski definition) is 3. The topological polar surface area (TPSA) is 38.5 Å². The lowest BCUT2D eigenvalue weighted by Crippen LogP contribution is -2.31. The molecule has 0 spiro atoms. The van der Waals surface area contributed by atoms with Crippen LogP contribution in [0, 0.1) is 5.41 Å². The predicted octanol–water partition coefficient (Wildman–Crippen LogP) is 3.33. The average molecular weight is 257 g/mol. The molecule has 0 aliphatic heterocycles. The Morgan fingerprint density at radius 2 is 2.00 bits per heavy atom. The lowest BCUT2D eigenvalue weighted by molar-refractivity contribution is -0.154. The van der Waals surface area contributed by atoms with Gasteiger partial charge in [0.1, 0.15) is 0 Å². The van der Waals surface area contributed by atoms with Gasteiger partial charge in [0.15, 0.2) is 0 Å². The van der Waals surface area contributed by atoms with E-state index in [4.69, 9.17) is 22.2 Å². The number of hydroxylamine groups is 2. The molecular formula is C13H21ClN2O. The standard InChI is InChI=1S/C13H21ClN2O/c1-13(2,3)9-16(17-4)8-10-7-11(15)5-6-12(10)14/h5-7H,8-9,15H2,1-4H3. The van der Waals surface area contributed by atoms with Crippen molar-refractivity contribution in [2.45, 2.75) is 27.3 Å². The highest BCUT2D eigenvalue weighted by Gasteiger charge is 2.17. The SMILES string of the molecule is CON(Cc1cc(N)ccc1Cl)CC(C)(C)C. The van der Waals surface area contributed by atoms with Crippen molar-refractivity contribution in [3.05, 3.63) is 28.8 Å². The third kappa shape index (κ3) is 4.94. The summed E-state index contributed by atoms with van der Waals surface area (Å²) in [6.07, 6.45) is 0. The van der Waals surface area contributed by atoms with Crippen molar-refractivity contribution >= 4 is 17.3 Å². The van der Waals surface area contributed by atoms with Gasteiger partial charge in [0.25, 0.3) is 0 Å². The number of rotatable bonds is 4. The minimum Gasteiger partial charge on any atom is -0.399 e. The van der Waals surface area contributed by atoms with Crippen LogP contribution in [0.5, 0.6) is 0 Å². The summed E-state index contributed by atoms with van der Waals surface area (Å²) in [5, 5.41) is 2.61. The maximum Gasteiger partial charge on any atom is 0.0575 e. The van der Waals surface area contributed by atoms with Crippen molar-refractivity contribution < 1.29 is 4.84 Å². The summed E-state index contributed by atoms with van der Waals surface area (Å²) in [6, 6.07) is 5.50. The summed E-state index contributed by atoms with van der Waals surface area (Å²) < 4.78 is 0. The molecule has 1 rings (SSSR count). The van der Waals surface area contributed by atoms with Crippen LogP contribution < -0.4 is 5.73 Å². The molecule has 17 heavy (non-hydrogen) atoms. The van der Waals surface area contributed by atoms with E-state index in [9.17, 15) is 0 Å². The number of anilines is 1. The first-order chi connectivity index (χ1) is 7.81. The molecule has 0 aliphatic carbocycles. The van der Waals surface area contributed by atoms with Crippen LogP contribution >= 0.6 is 11.6 Å². The van der Waals surface area contributed by atoms with Crippen LogP contribution in [0.1, 0.15) is 26.3 Å². The molecule has 0 aliphatic rings. The highest BCUT2D eigenvalue weighted by Crippen LogP contribution is 2.23. The fourth-order valence-corrected chi connectivity index (χ4v) is 1.80. The van der Waals surface area contributed by atoms with E-state index in [2.05, 4.69) is 20.8 Å². The van der Waals surface area contributed by atoms with E-state index in [1.807, 2.05) is 17.2 Å². The van der Waals surface area contributed by atoms with Gasteiger partial charge in [-0.25, -0.2) is 0 Å². The zero-order chi connectivity index (χ0) is 13.1. The molecule has 0 saturated carbocycles. The molecule has 1 aromatic carbocycles. The number of nitrogen functional groups attached to an aromatic ring is 1. The largest absolute Gasteiger partial charge is 0.399 e. The second-order valence-electron chi connectivity index (χ2n) is 5.39. The summed E-state index contributed by atoms with van der Waals surface area (Å²) in [5.41, 5.74) is 7.63. The van der Waals surface area contributed by atoms with E-state index in [-0.39, 0.29) is 5.41 Å². The van der Waals surface area contributed by atoms with Gasteiger partial charge in [-0.05, 0) is 29.2 Å². The molecule has 0 fully saturated rings. The highest BCUT2D eigenvalue weighted by atomic mass is 35.5. The number of halogens is 1. The molecule has 0 radical (unpaired) electrons. The minimum atomic E-state index is 0.169. The van der Waals surface area contributed by atoms with Gasteiger partial charge in [-0.2, -0.15) is 5.06 Å². The Bertz CT molecular complexity index is 374. The predicted molar refractivity (Wildman–Crippen MR) is 72.7 cm³/mol. The maximum atomic E-state index is 6.13. The average Bonchev–Trinajstić information content (AvgIpc) is 2.20. The Labute approximate surface area is 108 Å². The zero-order valence-corrected chi connectivity index (χ0v) is 11.7. The Hall–Kier alpha value is -0.770. The van der Waals surface area contributed by atoms with Crippen LogP contribution in [0.25, 0.3) is 0 Å². The fraction of sp³-hybridized carbons (Fsp3) is 0.538. The quantitative estimate of drug-likeness (QED) is 0.663.